The van der Waals surface area contributed by atoms with Gasteiger partial charge in [0.25, 0.3) is 0 Å². The highest BCUT2D eigenvalue weighted by atomic mass is 16.1. The zero-order chi connectivity index (χ0) is 9.68. The van der Waals surface area contributed by atoms with Crippen LogP contribution in [-0.4, -0.2) is 10.8 Å². The third kappa shape index (κ3) is 2.82. The highest BCUT2D eigenvalue weighted by Gasteiger charge is 1.99. The van der Waals surface area contributed by atoms with Crippen LogP contribution in [0.15, 0.2) is 30.1 Å². The number of aromatic nitrogens is 1. The van der Waals surface area contributed by atoms with Crippen LogP contribution < -0.4 is 0 Å². The molecule has 0 aliphatic heterocycles. The largest absolute Gasteiger partial charge is 0.295 e. The van der Waals surface area contributed by atoms with Gasteiger partial charge < -0.3 is 0 Å². The lowest BCUT2D eigenvalue weighted by atomic mass is 10.1. The molecule has 0 radical (unpaired) electrons. The molecule has 0 aromatic carbocycles. The van der Waals surface area contributed by atoms with Crippen molar-refractivity contribution in [3.63, 3.8) is 0 Å². The van der Waals surface area contributed by atoms with Gasteiger partial charge in [-0.15, -0.1) is 0 Å². The monoisotopic (exact) mass is 175 g/mol. The molecule has 0 atom stereocenters. The third-order valence-electron chi connectivity index (χ3n) is 1.85. The van der Waals surface area contributed by atoms with Crippen LogP contribution in [0.2, 0.25) is 0 Å². The van der Waals surface area contributed by atoms with Crippen LogP contribution in [-0.2, 0) is 4.79 Å². The molecule has 2 nitrogen and oxygen atoms in total. The molecule has 0 spiro atoms. The minimum atomic E-state index is 0.191. The van der Waals surface area contributed by atoms with E-state index in [1.807, 2.05) is 32.1 Å². The van der Waals surface area contributed by atoms with Crippen molar-refractivity contribution in [1.29, 1.82) is 0 Å². The van der Waals surface area contributed by atoms with Gasteiger partial charge in [0.1, 0.15) is 0 Å². The number of allylic oxidation sites excluding steroid dienone is 1. The Balaban J connectivity index is 2.83. The summed E-state index contributed by atoms with van der Waals surface area (Å²) in [5, 5.41) is 0. The van der Waals surface area contributed by atoms with Crippen molar-refractivity contribution in [2.24, 2.45) is 0 Å². The van der Waals surface area contributed by atoms with E-state index in [-0.39, 0.29) is 5.78 Å². The van der Waals surface area contributed by atoms with Crippen molar-refractivity contribution in [2.75, 3.05) is 0 Å². The number of Topliss-reactive ketones (excluding diaryl/α,β-unsaturated/α-hetero) is 1. The number of carbonyl (C=O) groups excluding carboxylic acids is 1. The number of carbonyl (C=O) groups is 1. The SMILES string of the molecule is CCC(=O)/C(C)=C/c1ccncc1. The average Bonchev–Trinajstić information content (AvgIpc) is 2.18. The van der Waals surface area contributed by atoms with Crippen LogP contribution in [0.25, 0.3) is 6.08 Å². The van der Waals surface area contributed by atoms with E-state index in [9.17, 15) is 4.79 Å². The molecule has 0 amide bonds. The first-order chi connectivity index (χ1) is 6.24. The van der Waals surface area contributed by atoms with Crippen LogP contribution in [0, 0.1) is 0 Å². The second-order valence-corrected chi connectivity index (χ2v) is 2.88. The maximum absolute atomic E-state index is 11.2. The fraction of sp³-hybridized carbons (Fsp3) is 0.273. The van der Waals surface area contributed by atoms with E-state index in [0.717, 1.165) is 11.1 Å². The molecule has 1 aromatic heterocycles. The van der Waals surface area contributed by atoms with Crippen LogP contribution in [0.4, 0.5) is 0 Å². The average molecular weight is 175 g/mol. The zero-order valence-electron chi connectivity index (χ0n) is 7.95. The molecule has 13 heavy (non-hydrogen) atoms. The maximum atomic E-state index is 11.2. The van der Waals surface area contributed by atoms with Crippen LogP contribution in [0.3, 0.4) is 0 Å². The second-order valence-electron chi connectivity index (χ2n) is 2.88. The molecule has 0 aliphatic rings. The van der Waals surface area contributed by atoms with E-state index in [4.69, 9.17) is 0 Å². The van der Waals surface area contributed by atoms with E-state index in [1.165, 1.54) is 0 Å². The number of rotatable bonds is 3. The predicted molar refractivity (Wildman–Crippen MR) is 53.2 cm³/mol. The maximum Gasteiger partial charge on any atom is 0.158 e. The Labute approximate surface area is 78.3 Å². The van der Waals surface area contributed by atoms with Gasteiger partial charge in [0.15, 0.2) is 5.78 Å². The molecular formula is C11H13NO. The summed E-state index contributed by atoms with van der Waals surface area (Å²) in [6, 6.07) is 3.76. The third-order valence-corrected chi connectivity index (χ3v) is 1.85. The molecule has 1 rings (SSSR count). The summed E-state index contributed by atoms with van der Waals surface area (Å²) < 4.78 is 0. The lowest BCUT2D eigenvalue weighted by molar-refractivity contribution is -0.115. The Bertz CT molecular complexity index is 314. The first kappa shape index (κ1) is 9.65. The lowest BCUT2D eigenvalue weighted by Crippen LogP contribution is -1.95. The van der Waals surface area contributed by atoms with Crippen molar-refractivity contribution in [2.45, 2.75) is 20.3 Å². The molecule has 0 saturated heterocycles. The Morgan fingerprint density at radius 3 is 2.62 bits per heavy atom. The number of ketones is 1. The highest BCUT2D eigenvalue weighted by Crippen LogP contribution is 2.06. The fourth-order valence-electron chi connectivity index (χ4n) is 1.07. The van der Waals surface area contributed by atoms with E-state index in [2.05, 4.69) is 4.98 Å². The molecule has 0 saturated carbocycles. The van der Waals surface area contributed by atoms with Gasteiger partial charge in [-0.05, 0) is 36.3 Å². The van der Waals surface area contributed by atoms with Crippen molar-refractivity contribution >= 4 is 11.9 Å². The van der Waals surface area contributed by atoms with Gasteiger partial charge in [-0.25, -0.2) is 0 Å². The summed E-state index contributed by atoms with van der Waals surface area (Å²) in [4.78, 5) is 15.1. The lowest BCUT2D eigenvalue weighted by Gasteiger charge is -1.96. The summed E-state index contributed by atoms with van der Waals surface area (Å²) in [6.45, 7) is 3.71. The number of nitrogens with zero attached hydrogens (tertiary/aromatic N) is 1. The van der Waals surface area contributed by atoms with Gasteiger partial charge >= 0.3 is 0 Å². The van der Waals surface area contributed by atoms with E-state index < -0.39 is 0 Å². The zero-order valence-corrected chi connectivity index (χ0v) is 7.95. The summed E-state index contributed by atoms with van der Waals surface area (Å²) in [6.07, 6.45) is 5.88. The highest BCUT2D eigenvalue weighted by molar-refractivity contribution is 5.98. The van der Waals surface area contributed by atoms with E-state index >= 15 is 0 Å². The Hall–Kier alpha value is -1.44. The summed E-state index contributed by atoms with van der Waals surface area (Å²) >= 11 is 0. The predicted octanol–water partition coefficient (Wildman–Crippen LogP) is 2.46. The molecular weight excluding hydrogens is 162 g/mol. The van der Waals surface area contributed by atoms with Crippen molar-refractivity contribution in [3.8, 4) is 0 Å². The number of hydrogen-bond acceptors (Lipinski definition) is 2. The minimum Gasteiger partial charge on any atom is -0.295 e. The van der Waals surface area contributed by atoms with Gasteiger partial charge in [0, 0.05) is 18.8 Å². The summed E-state index contributed by atoms with van der Waals surface area (Å²) in [5.41, 5.74) is 1.82. The Morgan fingerprint density at radius 1 is 1.46 bits per heavy atom. The van der Waals surface area contributed by atoms with E-state index in [1.54, 1.807) is 12.4 Å². The van der Waals surface area contributed by atoms with Gasteiger partial charge in [-0.1, -0.05) is 6.92 Å². The molecule has 0 unspecified atom stereocenters. The van der Waals surface area contributed by atoms with Crippen molar-refractivity contribution in [3.05, 3.63) is 35.7 Å². The summed E-state index contributed by atoms with van der Waals surface area (Å²) in [7, 11) is 0. The van der Waals surface area contributed by atoms with Crippen LogP contribution in [0.1, 0.15) is 25.8 Å². The van der Waals surface area contributed by atoms with Crippen LogP contribution in [0.5, 0.6) is 0 Å². The molecule has 0 N–H and O–H groups in total. The normalized spacial score (nSPS) is 11.4. The molecule has 0 bridgehead atoms. The Morgan fingerprint density at radius 2 is 2.08 bits per heavy atom. The van der Waals surface area contributed by atoms with Crippen molar-refractivity contribution in [1.82, 2.24) is 4.98 Å². The first-order valence-corrected chi connectivity index (χ1v) is 4.35. The molecule has 68 valence electrons. The Kier molecular flexibility index (Phi) is 3.38. The standard InChI is InChI=1S/C11H13NO/c1-3-11(13)9(2)8-10-4-6-12-7-5-10/h4-8H,3H2,1-2H3/b9-8+. The fourth-order valence-corrected chi connectivity index (χ4v) is 1.07. The van der Waals surface area contributed by atoms with Gasteiger partial charge in [-0.2, -0.15) is 0 Å². The summed E-state index contributed by atoms with van der Waals surface area (Å²) in [5.74, 6) is 0.191. The smallest absolute Gasteiger partial charge is 0.158 e. The number of pyridine rings is 1. The molecule has 2 heteroatoms. The quantitative estimate of drug-likeness (QED) is 0.660. The van der Waals surface area contributed by atoms with Crippen molar-refractivity contribution < 1.29 is 4.79 Å². The second kappa shape index (κ2) is 4.55. The molecule has 0 aliphatic carbocycles. The molecule has 0 fully saturated rings. The van der Waals surface area contributed by atoms with Gasteiger partial charge in [0.05, 0.1) is 0 Å². The number of hydrogen-bond donors (Lipinski definition) is 0. The minimum absolute atomic E-state index is 0.191. The topological polar surface area (TPSA) is 30.0 Å². The van der Waals surface area contributed by atoms with Crippen LogP contribution >= 0.6 is 0 Å². The van der Waals surface area contributed by atoms with E-state index in [0.29, 0.717) is 6.42 Å². The van der Waals surface area contributed by atoms with Gasteiger partial charge in [0.2, 0.25) is 0 Å². The molecule has 1 aromatic rings. The first-order valence-electron chi connectivity index (χ1n) is 4.35. The van der Waals surface area contributed by atoms with Gasteiger partial charge in [-0.3, -0.25) is 9.78 Å². The molecule has 1 heterocycles.